The highest BCUT2D eigenvalue weighted by Crippen LogP contribution is 2.04. The lowest BCUT2D eigenvalue weighted by atomic mass is 10.2. The van der Waals surface area contributed by atoms with Crippen LogP contribution in [0.5, 0.6) is 0 Å². The van der Waals surface area contributed by atoms with E-state index in [0.717, 1.165) is 11.3 Å². The third kappa shape index (κ3) is 4.43. The summed E-state index contributed by atoms with van der Waals surface area (Å²) >= 11 is 0. The van der Waals surface area contributed by atoms with Crippen LogP contribution in [0.2, 0.25) is 0 Å². The molecule has 4 heteroatoms. The Hall–Kier alpha value is -2.36. The molecule has 0 unspecified atom stereocenters. The molecule has 2 N–H and O–H groups in total. The average molecular weight is 258 g/mol. The molecule has 0 saturated heterocycles. The van der Waals surface area contributed by atoms with Crippen LogP contribution in [-0.4, -0.2) is 12.5 Å². The summed E-state index contributed by atoms with van der Waals surface area (Å²) in [6, 6.07) is 15.6. The maximum absolute atomic E-state index is 12.7. The summed E-state index contributed by atoms with van der Waals surface area (Å²) in [7, 11) is 0. The first-order valence-corrected chi connectivity index (χ1v) is 6.04. The van der Waals surface area contributed by atoms with Crippen LogP contribution in [0.1, 0.15) is 5.56 Å². The number of hydrogen-bond acceptors (Lipinski definition) is 2. The zero-order valence-corrected chi connectivity index (χ0v) is 10.4. The van der Waals surface area contributed by atoms with Gasteiger partial charge in [0.15, 0.2) is 0 Å². The molecular formula is C15H15FN2O. The fourth-order valence-electron chi connectivity index (χ4n) is 1.60. The third-order valence-corrected chi connectivity index (χ3v) is 2.63. The van der Waals surface area contributed by atoms with E-state index in [1.807, 2.05) is 30.3 Å². The number of hydrogen-bond donors (Lipinski definition) is 2. The Balaban J connectivity index is 1.74. The highest BCUT2D eigenvalue weighted by atomic mass is 19.1. The first-order chi connectivity index (χ1) is 9.24. The van der Waals surface area contributed by atoms with Crippen molar-refractivity contribution in [3.63, 3.8) is 0 Å². The monoisotopic (exact) mass is 258 g/mol. The van der Waals surface area contributed by atoms with Crippen LogP contribution in [0, 0.1) is 5.82 Å². The van der Waals surface area contributed by atoms with Crippen LogP contribution in [0.3, 0.4) is 0 Å². The number of carbonyl (C=O) groups excluding carboxylic acids is 1. The normalized spacial score (nSPS) is 9.95. The summed E-state index contributed by atoms with van der Waals surface area (Å²) in [6.07, 6.45) is 0. The number of carbonyl (C=O) groups is 1. The molecule has 0 saturated carbocycles. The van der Waals surface area contributed by atoms with Crippen molar-refractivity contribution in [3.05, 3.63) is 66.0 Å². The lowest BCUT2D eigenvalue weighted by molar-refractivity contribution is -0.119. The SMILES string of the molecule is O=C(CNc1ccccc1)NCc1ccc(F)cc1. The maximum atomic E-state index is 12.7. The van der Waals surface area contributed by atoms with Gasteiger partial charge in [-0.05, 0) is 29.8 Å². The molecule has 98 valence electrons. The van der Waals surface area contributed by atoms with Gasteiger partial charge in [0.05, 0.1) is 6.54 Å². The zero-order chi connectivity index (χ0) is 13.5. The largest absolute Gasteiger partial charge is 0.376 e. The fourth-order valence-corrected chi connectivity index (χ4v) is 1.60. The fraction of sp³-hybridized carbons (Fsp3) is 0.133. The molecule has 0 radical (unpaired) electrons. The summed E-state index contributed by atoms with van der Waals surface area (Å²) in [5.74, 6) is -0.381. The van der Waals surface area contributed by atoms with E-state index in [2.05, 4.69) is 10.6 Å². The van der Waals surface area contributed by atoms with Crippen molar-refractivity contribution in [1.82, 2.24) is 5.32 Å². The molecular weight excluding hydrogens is 243 g/mol. The number of nitrogens with one attached hydrogen (secondary N) is 2. The van der Waals surface area contributed by atoms with Gasteiger partial charge >= 0.3 is 0 Å². The van der Waals surface area contributed by atoms with Gasteiger partial charge in [-0.2, -0.15) is 0 Å². The number of benzene rings is 2. The Kier molecular flexibility index (Phi) is 4.50. The van der Waals surface area contributed by atoms with E-state index in [4.69, 9.17) is 0 Å². The molecule has 2 aromatic rings. The Bertz CT molecular complexity index is 526. The predicted molar refractivity (Wildman–Crippen MR) is 73.2 cm³/mol. The van der Waals surface area contributed by atoms with Gasteiger partial charge in [0.2, 0.25) is 5.91 Å². The second-order valence-corrected chi connectivity index (χ2v) is 4.12. The van der Waals surface area contributed by atoms with Crippen LogP contribution in [-0.2, 0) is 11.3 Å². The number of rotatable bonds is 5. The van der Waals surface area contributed by atoms with Crippen LogP contribution >= 0.6 is 0 Å². The zero-order valence-electron chi connectivity index (χ0n) is 10.4. The topological polar surface area (TPSA) is 41.1 Å². The standard InChI is InChI=1S/C15H15FN2O/c16-13-8-6-12(7-9-13)10-18-15(19)11-17-14-4-2-1-3-5-14/h1-9,17H,10-11H2,(H,18,19). The highest BCUT2D eigenvalue weighted by molar-refractivity contribution is 5.80. The first-order valence-electron chi connectivity index (χ1n) is 6.04. The lowest BCUT2D eigenvalue weighted by Gasteiger charge is -2.07. The molecule has 0 aromatic heterocycles. The van der Waals surface area contributed by atoms with Gasteiger partial charge in [-0.3, -0.25) is 4.79 Å². The number of anilines is 1. The molecule has 0 aliphatic carbocycles. The Morgan fingerprint density at radius 2 is 1.68 bits per heavy atom. The third-order valence-electron chi connectivity index (χ3n) is 2.63. The molecule has 3 nitrogen and oxygen atoms in total. The van der Waals surface area contributed by atoms with Gasteiger partial charge in [0.25, 0.3) is 0 Å². The minimum atomic E-state index is -0.277. The van der Waals surface area contributed by atoms with E-state index in [1.165, 1.54) is 12.1 Å². The van der Waals surface area contributed by atoms with Crippen molar-refractivity contribution in [2.45, 2.75) is 6.54 Å². The molecule has 0 aliphatic heterocycles. The van der Waals surface area contributed by atoms with Crippen molar-refractivity contribution < 1.29 is 9.18 Å². The van der Waals surface area contributed by atoms with Crippen LogP contribution < -0.4 is 10.6 Å². The van der Waals surface area contributed by atoms with Crippen molar-refractivity contribution in [1.29, 1.82) is 0 Å². The molecule has 0 spiro atoms. The van der Waals surface area contributed by atoms with Gasteiger partial charge in [-0.15, -0.1) is 0 Å². The summed E-state index contributed by atoms with van der Waals surface area (Å²) in [5, 5.41) is 5.78. The summed E-state index contributed by atoms with van der Waals surface area (Å²) < 4.78 is 12.7. The quantitative estimate of drug-likeness (QED) is 0.865. The Morgan fingerprint density at radius 3 is 2.37 bits per heavy atom. The smallest absolute Gasteiger partial charge is 0.239 e. The van der Waals surface area contributed by atoms with E-state index >= 15 is 0 Å². The molecule has 19 heavy (non-hydrogen) atoms. The van der Waals surface area contributed by atoms with Crippen molar-refractivity contribution in [2.24, 2.45) is 0 Å². The molecule has 0 heterocycles. The van der Waals surface area contributed by atoms with Gasteiger partial charge in [0, 0.05) is 12.2 Å². The maximum Gasteiger partial charge on any atom is 0.239 e. The Morgan fingerprint density at radius 1 is 1.00 bits per heavy atom. The van der Waals surface area contributed by atoms with Crippen molar-refractivity contribution >= 4 is 11.6 Å². The van der Waals surface area contributed by atoms with Crippen LogP contribution in [0.25, 0.3) is 0 Å². The molecule has 0 fully saturated rings. The first kappa shape index (κ1) is 13.1. The van der Waals surface area contributed by atoms with Gasteiger partial charge in [-0.1, -0.05) is 30.3 Å². The molecule has 2 aromatic carbocycles. The highest BCUT2D eigenvalue weighted by Gasteiger charge is 2.01. The van der Waals surface area contributed by atoms with Crippen LogP contribution in [0.15, 0.2) is 54.6 Å². The van der Waals surface area contributed by atoms with Gasteiger partial charge in [0.1, 0.15) is 5.82 Å². The molecule has 1 amide bonds. The van der Waals surface area contributed by atoms with E-state index in [9.17, 15) is 9.18 Å². The summed E-state index contributed by atoms with van der Waals surface area (Å²) in [4.78, 5) is 11.6. The minimum Gasteiger partial charge on any atom is -0.376 e. The number of para-hydroxylation sites is 1. The van der Waals surface area contributed by atoms with E-state index < -0.39 is 0 Å². The van der Waals surface area contributed by atoms with Gasteiger partial charge in [-0.25, -0.2) is 4.39 Å². The average Bonchev–Trinajstić information content (AvgIpc) is 2.45. The van der Waals surface area contributed by atoms with Crippen LogP contribution in [0.4, 0.5) is 10.1 Å². The molecule has 0 atom stereocenters. The summed E-state index contributed by atoms with van der Waals surface area (Å²) in [5.41, 5.74) is 1.77. The van der Waals surface area contributed by atoms with Crippen molar-refractivity contribution in [2.75, 3.05) is 11.9 Å². The predicted octanol–water partition coefficient (Wildman–Crippen LogP) is 2.55. The number of amides is 1. The van der Waals surface area contributed by atoms with E-state index in [-0.39, 0.29) is 18.3 Å². The van der Waals surface area contributed by atoms with E-state index in [0.29, 0.717) is 6.54 Å². The minimum absolute atomic E-state index is 0.104. The van der Waals surface area contributed by atoms with E-state index in [1.54, 1.807) is 12.1 Å². The van der Waals surface area contributed by atoms with Gasteiger partial charge < -0.3 is 10.6 Å². The second kappa shape index (κ2) is 6.54. The summed E-state index contributed by atoms with van der Waals surface area (Å²) in [6.45, 7) is 0.612. The molecule has 0 bridgehead atoms. The Labute approximate surface area is 111 Å². The lowest BCUT2D eigenvalue weighted by Crippen LogP contribution is -2.29. The molecule has 0 aliphatic rings. The second-order valence-electron chi connectivity index (χ2n) is 4.12. The number of halogens is 1. The molecule has 2 rings (SSSR count). The van der Waals surface area contributed by atoms with Crippen molar-refractivity contribution in [3.8, 4) is 0 Å².